The quantitative estimate of drug-likeness (QED) is 0.558. The monoisotopic (exact) mass is 386 g/mol. The number of fused-ring (bicyclic) bond motifs is 2. The molecule has 0 aliphatic carbocycles. The maximum Gasteiger partial charge on any atom is 0.316 e. The molecule has 150 valence electrons. The normalized spacial score (nSPS) is 13.9. The molecule has 3 rings (SSSR count). The lowest BCUT2D eigenvalue weighted by molar-refractivity contribution is -0.144. The number of carbonyl (C=O) groups excluding carboxylic acids is 2. The zero-order chi connectivity index (χ0) is 20.7. The van der Waals surface area contributed by atoms with Crippen molar-refractivity contribution in [2.75, 3.05) is 13.2 Å². The van der Waals surface area contributed by atoms with Crippen LogP contribution in [0.1, 0.15) is 41.5 Å². The molecule has 0 saturated carbocycles. The summed E-state index contributed by atoms with van der Waals surface area (Å²) in [6, 6.07) is 7.24. The number of rotatable bonds is 2. The highest BCUT2D eigenvalue weighted by molar-refractivity contribution is 6.01. The number of hydrogen-bond donors (Lipinski definition) is 0. The molecule has 0 N–H and O–H groups in total. The lowest BCUT2D eigenvalue weighted by Gasteiger charge is -2.27. The molecule has 0 radical (unpaired) electrons. The fourth-order valence-corrected chi connectivity index (χ4v) is 2.57. The van der Waals surface area contributed by atoms with E-state index in [4.69, 9.17) is 18.9 Å². The molecule has 1 aliphatic rings. The van der Waals surface area contributed by atoms with Crippen LogP contribution >= 0.6 is 0 Å². The predicted octanol–water partition coefficient (Wildman–Crippen LogP) is 4.51. The highest BCUT2D eigenvalue weighted by atomic mass is 16.6. The Labute approximate surface area is 164 Å². The van der Waals surface area contributed by atoms with Crippen LogP contribution in [0.4, 0.5) is 0 Å². The van der Waals surface area contributed by atoms with Crippen LogP contribution in [0, 0.1) is 10.8 Å². The van der Waals surface area contributed by atoms with Crippen molar-refractivity contribution in [2.45, 2.75) is 41.5 Å². The molecule has 0 amide bonds. The van der Waals surface area contributed by atoms with Gasteiger partial charge in [0.2, 0.25) is 11.5 Å². The Morgan fingerprint density at radius 2 is 1.11 bits per heavy atom. The summed E-state index contributed by atoms with van der Waals surface area (Å²) >= 11 is 0. The molecule has 0 saturated heterocycles. The second kappa shape index (κ2) is 7.00. The van der Waals surface area contributed by atoms with Crippen LogP contribution in [-0.4, -0.2) is 25.2 Å². The number of carbonyl (C=O) groups is 2. The molecule has 0 atom stereocenters. The minimum absolute atomic E-state index is 0.277. The van der Waals surface area contributed by atoms with Gasteiger partial charge in [0, 0.05) is 10.8 Å². The highest BCUT2D eigenvalue weighted by Gasteiger charge is 2.33. The first kappa shape index (κ1) is 20.0. The van der Waals surface area contributed by atoms with Crippen LogP contribution < -0.4 is 18.9 Å². The van der Waals surface area contributed by atoms with Crippen LogP contribution in [0.15, 0.2) is 24.3 Å². The first-order chi connectivity index (χ1) is 13.0. The molecule has 0 spiro atoms. The molecule has 6 nitrogen and oxygen atoms in total. The van der Waals surface area contributed by atoms with Crippen LogP contribution in [0.2, 0.25) is 0 Å². The minimum atomic E-state index is -0.694. The SMILES string of the molecule is CC(C)(C)C(=O)Oc1c2c(c(OC(=O)C(C)(C)C)c3ccccc13)OCCO2. The number of esters is 2. The summed E-state index contributed by atoms with van der Waals surface area (Å²) in [5.41, 5.74) is -1.39. The largest absolute Gasteiger partial charge is 0.483 e. The fraction of sp³-hybridized carbons (Fsp3) is 0.455. The van der Waals surface area contributed by atoms with Crippen molar-refractivity contribution in [3.05, 3.63) is 24.3 Å². The van der Waals surface area contributed by atoms with E-state index in [0.717, 1.165) is 0 Å². The molecule has 0 fully saturated rings. The summed E-state index contributed by atoms with van der Waals surface area (Å²) in [6.45, 7) is 11.3. The molecule has 2 aromatic rings. The van der Waals surface area contributed by atoms with Gasteiger partial charge in [0.15, 0.2) is 11.5 Å². The third-order valence-corrected chi connectivity index (χ3v) is 4.23. The smallest absolute Gasteiger partial charge is 0.316 e. The third-order valence-electron chi connectivity index (χ3n) is 4.23. The zero-order valence-electron chi connectivity index (χ0n) is 17.2. The van der Waals surface area contributed by atoms with E-state index in [0.29, 0.717) is 24.0 Å². The van der Waals surface area contributed by atoms with Crippen molar-refractivity contribution < 1.29 is 28.5 Å². The lowest BCUT2D eigenvalue weighted by atomic mass is 9.97. The van der Waals surface area contributed by atoms with Gasteiger partial charge in [-0.25, -0.2) is 0 Å². The molecule has 0 aromatic heterocycles. The van der Waals surface area contributed by atoms with E-state index in [9.17, 15) is 9.59 Å². The first-order valence-corrected chi connectivity index (χ1v) is 9.29. The Bertz CT molecular complexity index is 854. The summed E-state index contributed by atoms with van der Waals surface area (Å²) in [7, 11) is 0. The average Bonchev–Trinajstić information content (AvgIpc) is 2.62. The van der Waals surface area contributed by atoms with E-state index < -0.39 is 22.8 Å². The first-order valence-electron chi connectivity index (χ1n) is 9.29. The van der Waals surface area contributed by atoms with E-state index in [1.165, 1.54) is 0 Å². The Kier molecular flexibility index (Phi) is 5.00. The van der Waals surface area contributed by atoms with Gasteiger partial charge in [-0.1, -0.05) is 24.3 Å². The van der Waals surface area contributed by atoms with Crippen molar-refractivity contribution in [1.29, 1.82) is 0 Å². The van der Waals surface area contributed by atoms with E-state index in [1.807, 2.05) is 12.1 Å². The van der Waals surface area contributed by atoms with Gasteiger partial charge in [-0.3, -0.25) is 9.59 Å². The highest BCUT2D eigenvalue weighted by Crippen LogP contribution is 2.53. The van der Waals surface area contributed by atoms with Crippen LogP contribution in [0.5, 0.6) is 23.0 Å². The second-order valence-corrected chi connectivity index (χ2v) is 8.84. The molecule has 6 heteroatoms. The standard InChI is InChI=1S/C22H26O6/c1-21(2,3)19(23)27-15-13-9-7-8-10-14(13)16(28-20(24)22(4,5)6)18-17(15)25-11-12-26-18/h7-10H,11-12H2,1-6H3. The second-order valence-electron chi connectivity index (χ2n) is 8.84. The minimum Gasteiger partial charge on any atom is -0.483 e. The van der Waals surface area contributed by atoms with Gasteiger partial charge in [0.25, 0.3) is 0 Å². The maximum atomic E-state index is 12.6. The lowest BCUT2D eigenvalue weighted by Crippen LogP contribution is -2.28. The maximum absolute atomic E-state index is 12.6. The Morgan fingerprint density at radius 3 is 1.43 bits per heavy atom. The molecule has 28 heavy (non-hydrogen) atoms. The van der Waals surface area contributed by atoms with E-state index in [1.54, 1.807) is 53.7 Å². The number of benzene rings is 2. The zero-order valence-corrected chi connectivity index (χ0v) is 17.2. The molecular weight excluding hydrogens is 360 g/mol. The van der Waals surface area contributed by atoms with Crippen LogP contribution in [-0.2, 0) is 9.59 Å². The van der Waals surface area contributed by atoms with Gasteiger partial charge in [-0.2, -0.15) is 0 Å². The van der Waals surface area contributed by atoms with Crippen molar-refractivity contribution in [2.24, 2.45) is 10.8 Å². The summed E-state index contributed by atoms with van der Waals surface area (Å²) < 4.78 is 23.0. The Hall–Kier alpha value is -2.76. The predicted molar refractivity (Wildman–Crippen MR) is 105 cm³/mol. The Morgan fingerprint density at radius 1 is 0.750 bits per heavy atom. The molecule has 0 bridgehead atoms. The van der Waals surface area contributed by atoms with E-state index in [-0.39, 0.29) is 23.0 Å². The van der Waals surface area contributed by atoms with Gasteiger partial charge in [-0.15, -0.1) is 0 Å². The van der Waals surface area contributed by atoms with E-state index >= 15 is 0 Å². The van der Waals surface area contributed by atoms with Gasteiger partial charge in [0.1, 0.15) is 13.2 Å². The van der Waals surface area contributed by atoms with E-state index in [2.05, 4.69) is 0 Å². The van der Waals surface area contributed by atoms with Crippen molar-refractivity contribution in [3.63, 3.8) is 0 Å². The average molecular weight is 386 g/mol. The van der Waals surface area contributed by atoms with Crippen molar-refractivity contribution in [3.8, 4) is 23.0 Å². The van der Waals surface area contributed by atoms with Crippen LogP contribution in [0.3, 0.4) is 0 Å². The molecular formula is C22H26O6. The molecule has 1 aliphatic heterocycles. The fourth-order valence-electron chi connectivity index (χ4n) is 2.57. The Balaban J connectivity index is 2.22. The summed E-state index contributed by atoms with van der Waals surface area (Å²) in [5.74, 6) is 0.321. The van der Waals surface area contributed by atoms with Gasteiger partial charge < -0.3 is 18.9 Å². The summed E-state index contributed by atoms with van der Waals surface area (Å²) in [5, 5.41) is 1.22. The van der Waals surface area contributed by atoms with Crippen molar-refractivity contribution >= 4 is 22.7 Å². The number of ether oxygens (including phenoxy) is 4. The van der Waals surface area contributed by atoms with Crippen molar-refractivity contribution in [1.82, 2.24) is 0 Å². The van der Waals surface area contributed by atoms with Gasteiger partial charge in [0.05, 0.1) is 10.8 Å². The van der Waals surface area contributed by atoms with Gasteiger partial charge >= 0.3 is 11.9 Å². The van der Waals surface area contributed by atoms with Crippen LogP contribution in [0.25, 0.3) is 10.8 Å². The summed E-state index contributed by atoms with van der Waals surface area (Å²) in [4.78, 5) is 25.1. The topological polar surface area (TPSA) is 71.1 Å². The molecule has 1 heterocycles. The van der Waals surface area contributed by atoms with Gasteiger partial charge in [-0.05, 0) is 41.5 Å². The molecule has 0 unspecified atom stereocenters. The number of hydrogen-bond acceptors (Lipinski definition) is 6. The third kappa shape index (κ3) is 3.77. The molecule has 2 aromatic carbocycles. The summed E-state index contributed by atoms with van der Waals surface area (Å²) in [6.07, 6.45) is 0.